The van der Waals surface area contributed by atoms with Crippen molar-refractivity contribution in [1.82, 2.24) is 0 Å². The van der Waals surface area contributed by atoms with Crippen molar-refractivity contribution >= 4 is 0 Å². The van der Waals surface area contributed by atoms with Crippen molar-refractivity contribution in [2.45, 2.75) is 71.3 Å². The molecule has 4 aliphatic rings. The van der Waals surface area contributed by atoms with Crippen LogP contribution in [0.25, 0.3) is 0 Å². The molecule has 0 aliphatic heterocycles. The van der Waals surface area contributed by atoms with E-state index in [1.807, 2.05) is 0 Å². The molecule has 0 aromatic rings. The molecule has 3 saturated carbocycles. The normalized spacial score (nSPS) is 57.9. The van der Waals surface area contributed by atoms with Crippen molar-refractivity contribution in [1.29, 1.82) is 0 Å². The molecule has 0 aromatic carbocycles. The predicted octanol–water partition coefficient (Wildman–Crippen LogP) is 4.56. The van der Waals surface area contributed by atoms with Crippen LogP contribution < -0.4 is 0 Å². The SMILES string of the molecule is C[C@]12CC[C@H]3[C@@H](CCC4CC=CC[C@@]43C)[C@@H]1CC[C@@H]2O. The van der Waals surface area contributed by atoms with Crippen molar-refractivity contribution in [3.05, 3.63) is 12.2 Å². The van der Waals surface area contributed by atoms with Crippen molar-refractivity contribution < 1.29 is 5.11 Å². The first-order valence-corrected chi connectivity index (χ1v) is 8.89. The minimum absolute atomic E-state index is 0.0229. The molecule has 1 nitrogen and oxygen atoms in total. The molecule has 1 N–H and O–H groups in total. The highest BCUT2D eigenvalue weighted by atomic mass is 16.3. The smallest absolute Gasteiger partial charge is 0.0596 e. The van der Waals surface area contributed by atoms with Gasteiger partial charge in [-0.3, -0.25) is 0 Å². The first kappa shape index (κ1) is 13.4. The van der Waals surface area contributed by atoms with Gasteiger partial charge in [0.25, 0.3) is 0 Å². The fourth-order valence-corrected chi connectivity index (χ4v) is 6.81. The van der Waals surface area contributed by atoms with Crippen LogP contribution in [0.2, 0.25) is 0 Å². The average molecular weight is 274 g/mol. The second-order valence-electron chi connectivity index (χ2n) is 8.71. The molecule has 0 spiro atoms. The fraction of sp³-hybridized carbons (Fsp3) is 0.895. The van der Waals surface area contributed by atoms with Crippen LogP contribution in [0, 0.1) is 34.5 Å². The summed E-state index contributed by atoms with van der Waals surface area (Å²) in [4.78, 5) is 0. The molecule has 4 rings (SSSR count). The van der Waals surface area contributed by atoms with E-state index in [2.05, 4.69) is 26.0 Å². The number of hydrogen-bond acceptors (Lipinski definition) is 1. The van der Waals surface area contributed by atoms with Gasteiger partial charge in [0, 0.05) is 0 Å². The molecule has 20 heavy (non-hydrogen) atoms. The molecule has 4 aliphatic carbocycles. The van der Waals surface area contributed by atoms with Gasteiger partial charge in [0.15, 0.2) is 0 Å². The van der Waals surface area contributed by atoms with Crippen LogP contribution in [0.15, 0.2) is 12.2 Å². The summed E-state index contributed by atoms with van der Waals surface area (Å²) in [6.07, 6.45) is 15.4. The van der Waals surface area contributed by atoms with Crippen LogP contribution in [0.3, 0.4) is 0 Å². The van der Waals surface area contributed by atoms with Crippen LogP contribution in [0.5, 0.6) is 0 Å². The predicted molar refractivity (Wildman–Crippen MR) is 82.3 cm³/mol. The zero-order valence-electron chi connectivity index (χ0n) is 13.1. The lowest BCUT2D eigenvalue weighted by atomic mass is 9.46. The Morgan fingerprint density at radius 3 is 2.55 bits per heavy atom. The Hall–Kier alpha value is -0.300. The third-order valence-electron chi connectivity index (χ3n) is 8.16. The Bertz CT molecular complexity index is 427. The van der Waals surface area contributed by atoms with Gasteiger partial charge in [-0.2, -0.15) is 0 Å². The molecule has 3 fully saturated rings. The van der Waals surface area contributed by atoms with Gasteiger partial charge in [-0.1, -0.05) is 26.0 Å². The maximum absolute atomic E-state index is 10.5. The summed E-state index contributed by atoms with van der Waals surface area (Å²) >= 11 is 0. The molecular formula is C19H30O. The van der Waals surface area contributed by atoms with E-state index < -0.39 is 0 Å². The maximum Gasteiger partial charge on any atom is 0.0596 e. The number of rotatable bonds is 0. The van der Waals surface area contributed by atoms with Gasteiger partial charge < -0.3 is 5.11 Å². The molecule has 1 heteroatoms. The first-order valence-electron chi connectivity index (χ1n) is 8.89. The summed E-state index contributed by atoms with van der Waals surface area (Å²) in [6, 6.07) is 0. The van der Waals surface area contributed by atoms with Crippen LogP contribution in [-0.2, 0) is 0 Å². The lowest BCUT2D eigenvalue weighted by Gasteiger charge is -2.59. The van der Waals surface area contributed by atoms with Gasteiger partial charge in [-0.05, 0) is 85.9 Å². The number of hydrogen-bond donors (Lipinski definition) is 1. The van der Waals surface area contributed by atoms with E-state index in [-0.39, 0.29) is 11.5 Å². The van der Waals surface area contributed by atoms with E-state index in [4.69, 9.17) is 0 Å². The summed E-state index contributed by atoms with van der Waals surface area (Å²) in [7, 11) is 0. The molecular weight excluding hydrogens is 244 g/mol. The highest BCUT2D eigenvalue weighted by Gasteiger charge is 2.59. The monoisotopic (exact) mass is 274 g/mol. The molecule has 0 amide bonds. The second kappa shape index (κ2) is 4.35. The molecule has 0 heterocycles. The van der Waals surface area contributed by atoms with Crippen LogP contribution in [-0.4, -0.2) is 11.2 Å². The third-order valence-corrected chi connectivity index (χ3v) is 8.16. The Balaban J connectivity index is 1.66. The Morgan fingerprint density at radius 1 is 0.900 bits per heavy atom. The van der Waals surface area contributed by atoms with Crippen LogP contribution in [0.4, 0.5) is 0 Å². The first-order chi connectivity index (χ1) is 9.56. The van der Waals surface area contributed by atoms with Crippen molar-refractivity contribution in [3.63, 3.8) is 0 Å². The summed E-state index contributed by atoms with van der Waals surface area (Å²) in [5, 5.41) is 10.5. The fourth-order valence-electron chi connectivity index (χ4n) is 6.81. The lowest BCUT2D eigenvalue weighted by molar-refractivity contribution is -0.108. The van der Waals surface area contributed by atoms with E-state index in [0.717, 1.165) is 30.1 Å². The van der Waals surface area contributed by atoms with Gasteiger partial charge in [0.1, 0.15) is 0 Å². The van der Waals surface area contributed by atoms with E-state index >= 15 is 0 Å². The maximum atomic E-state index is 10.5. The zero-order valence-corrected chi connectivity index (χ0v) is 13.1. The van der Waals surface area contributed by atoms with Gasteiger partial charge in [0.05, 0.1) is 6.10 Å². The lowest BCUT2D eigenvalue weighted by Crippen LogP contribution is -2.52. The zero-order chi connectivity index (χ0) is 14.0. The quantitative estimate of drug-likeness (QED) is 0.642. The van der Waals surface area contributed by atoms with Gasteiger partial charge >= 0.3 is 0 Å². The Kier molecular flexibility index (Phi) is 2.91. The molecule has 1 unspecified atom stereocenters. The minimum Gasteiger partial charge on any atom is -0.393 e. The number of allylic oxidation sites excluding steroid dienone is 2. The van der Waals surface area contributed by atoms with E-state index in [1.54, 1.807) is 0 Å². The molecule has 0 bridgehead atoms. The third kappa shape index (κ3) is 1.59. The van der Waals surface area contributed by atoms with E-state index in [0.29, 0.717) is 5.41 Å². The molecule has 0 aromatic heterocycles. The Labute approximate surface area is 123 Å². The van der Waals surface area contributed by atoms with Gasteiger partial charge in [-0.25, -0.2) is 0 Å². The summed E-state index contributed by atoms with van der Waals surface area (Å²) in [5.41, 5.74) is 0.807. The van der Waals surface area contributed by atoms with Gasteiger partial charge in [0.2, 0.25) is 0 Å². The highest BCUT2D eigenvalue weighted by molar-refractivity contribution is 5.12. The molecule has 0 saturated heterocycles. The average Bonchev–Trinajstić information content (AvgIpc) is 2.74. The van der Waals surface area contributed by atoms with E-state index in [9.17, 15) is 5.11 Å². The second-order valence-corrected chi connectivity index (χ2v) is 8.71. The molecule has 112 valence electrons. The molecule has 0 radical (unpaired) electrons. The van der Waals surface area contributed by atoms with Gasteiger partial charge in [-0.15, -0.1) is 0 Å². The highest BCUT2D eigenvalue weighted by Crippen LogP contribution is 2.65. The van der Waals surface area contributed by atoms with Crippen molar-refractivity contribution in [3.8, 4) is 0 Å². The number of aliphatic hydroxyl groups excluding tert-OH is 1. The van der Waals surface area contributed by atoms with E-state index in [1.165, 1.54) is 44.9 Å². The number of aliphatic hydroxyl groups is 1. The largest absolute Gasteiger partial charge is 0.393 e. The Morgan fingerprint density at radius 2 is 1.70 bits per heavy atom. The summed E-state index contributed by atoms with van der Waals surface area (Å²) in [6.45, 7) is 4.98. The van der Waals surface area contributed by atoms with Crippen LogP contribution in [0.1, 0.15) is 65.2 Å². The summed E-state index contributed by atoms with van der Waals surface area (Å²) < 4.78 is 0. The topological polar surface area (TPSA) is 20.2 Å². The van der Waals surface area contributed by atoms with Crippen molar-refractivity contribution in [2.75, 3.05) is 0 Å². The number of fused-ring (bicyclic) bond motifs is 5. The standard InChI is InChI=1S/C19H30O/c1-18-11-4-3-5-13(18)6-7-14-15-8-9-17(20)19(15,2)12-10-16(14)18/h3-4,13-17,20H,5-12H2,1-2H3/t13?,14-,15-,16-,17-,18-,19-/m0/s1. The minimum atomic E-state index is -0.0229. The van der Waals surface area contributed by atoms with Crippen molar-refractivity contribution in [2.24, 2.45) is 34.5 Å². The molecule has 7 atom stereocenters. The van der Waals surface area contributed by atoms with Crippen LogP contribution >= 0.6 is 0 Å². The summed E-state index contributed by atoms with van der Waals surface area (Å²) in [5.74, 6) is 3.57.